The van der Waals surface area contributed by atoms with E-state index in [-0.39, 0.29) is 0 Å². The van der Waals surface area contributed by atoms with Gasteiger partial charge < -0.3 is 5.32 Å². The Bertz CT molecular complexity index is 300. The molecular formula is C12H22N4. The molecule has 90 valence electrons. The van der Waals surface area contributed by atoms with Gasteiger partial charge in [-0.1, -0.05) is 32.1 Å². The Morgan fingerprint density at radius 2 is 1.88 bits per heavy atom. The van der Waals surface area contributed by atoms with Gasteiger partial charge in [0.05, 0.1) is 6.54 Å². The molecule has 1 aliphatic rings. The first-order valence-electron chi connectivity index (χ1n) is 6.46. The van der Waals surface area contributed by atoms with Crippen molar-refractivity contribution in [2.45, 2.75) is 64.5 Å². The lowest BCUT2D eigenvalue weighted by Crippen LogP contribution is -2.29. The Balaban J connectivity index is 1.75. The van der Waals surface area contributed by atoms with Crippen LogP contribution in [0.25, 0.3) is 0 Å². The lowest BCUT2D eigenvalue weighted by atomic mass is 9.97. The second kappa shape index (κ2) is 5.99. The highest BCUT2D eigenvalue weighted by molar-refractivity contribution is 4.87. The van der Waals surface area contributed by atoms with Gasteiger partial charge in [-0.2, -0.15) is 5.10 Å². The highest BCUT2D eigenvalue weighted by Crippen LogP contribution is 2.17. The summed E-state index contributed by atoms with van der Waals surface area (Å²) in [6, 6.07) is 0.666. The van der Waals surface area contributed by atoms with Crippen LogP contribution in [0.4, 0.5) is 0 Å². The van der Waals surface area contributed by atoms with E-state index in [2.05, 4.69) is 20.5 Å². The van der Waals surface area contributed by atoms with Gasteiger partial charge in [0.25, 0.3) is 0 Å². The van der Waals surface area contributed by atoms with E-state index in [4.69, 9.17) is 0 Å². The van der Waals surface area contributed by atoms with Gasteiger partial charge in [0, 0.05) is 6.04 Å². The summed E-state index contributed by atoms with van der Waals surface area (Å²) in [5, 5.41) is 10.6. The molecule has 0 radical (unpaired) electrons. The molecule has 2 N–H and O–H groups in total. The van der Waals surface area contributed by atoms with Gasteiger partial charge in [-0.05, 0) is 19.8 Å². The second-order valence-corrected chi connectivity index (χ2v) is 4.76. The fraction of sp³-hybridized carbons (Fsp3) is 0.833. The zero-order valence-corrected chi connectivity index (χ0v) is 10.1. The molecular weight excluding hydrogens is 200 g/mol. The van der Waals surface area contributed by atoms with Crippen molar-refractivity contribution in [2.24, 2.45) is 0 Å². The van der Waals surface area contributed by atoms with Crippen LogP contribution >= 0.6 is 0 Å². The van der Waals surface area contributed by atoms with Crippen LogP contribution in [0, 0.1) is 6.92 Å². The van der Waals surface area contributed by atoms with Gasteiger partial charge in [-0.15, -0.1) is 0 Å². The van der Waals surface area contributed by atoms with Gasteiger partial charge in [0.15, 0.2) is 5.82 Å². The molecule has 16 heavy (non-hydrogen) atoms. The minimum absolute atomic E-state index is 0.666. The van der Waals surface area contributed by atoms with Crippen molar-refractivity contribution in [3.8, 4) is 0 Å². The predicted octanol–water partition coefficient (Wildman–Crippen LogP) is 2.32. The van der Waals surface area contributed by atoms with Crippen LogP contribution in [0.1, 0.15) is 56.6 Å². The van der Waals surface area contributed by atoms with Crippen LogP contribution in [0.5, 0.6) is 0 Å². The van der Waals surface area contributed by atoms with Crippen LogP contribution in [-0.4, -0.2) is 21.2 Å². The average molecular weight is 222 g/mol. The SMILES string of the molecule is Cc1nc(CNC2CCCCCCC2)n[nH]1. The van der Waals surface area contributed by atoms with Gasteiger partial charge in [-0.3, -0.25) is 5.10 Å². The molecule has 1 aliphatic carbocycles. The lowest BCUT2D eigenvalue weighted by molar-refractivity contribution is 0.386. The molecule has 0 unspecified atom stereocenters. The number of hydrogen-bond acceptors (Lipinski definition) is 3. The Labute approximate surface area is 97.2 Å². The van der Waals surface area contributed by atoms with Crippen molar-refractivity contribution < 1.29 is 0 Å². The minimum atomic E-state index is 0.666. The van der Waals surface area contributed by atoms with Crippen LogP contribution < -0.4 is 5.32 Å². The van der Waals surface area contributed by atoms with E-state index in [1.54, 1.807) is 0 Å². The summed E-state index contributed by atoms with van der Waals surface area (Å²) in [6.45, 7) is 2.74. The van der Waals surface area contributed by atoms with Crippen LogP contribution in [0.3, 0.4) is 0 Å². The third kappa shape index (κ3) is 3.59. The van der Waals surface area contributed by atoms with E-state index >= 15 is 0 Å². The van der Waals surface area contributed by atoms with E-state index in [9.17, 15) is 0 Å². The molecule has 1 aromatic rings. The molecule has 1 fully saturated rings. The normalized spacial score (nSPS) is 19.3. The van der Waals surface area contributed by atoms with E-state index in [1.165, 1.54) is 44.9 Å². The van der Waals surface area contributed by atoms with E-state index < -0.39 is 0 Å². The van der Waals surface area contributed by atoms with Gasteiger partial charge in [0.2, 0.25) is 0 Å². The maximum atomic E-state index is 4.31. The number of hydrogen-bond donors (Lipinski definition) is 2. The van der Waals surface area contributed by atoms with Crippen molar-refractivity contribution in [3.63, 3.8) is 0 Å². The Kier molecular flexibility index (Phi) is 4.34. The molecule has 4 heteroatoms. The number of nitrogens with one attached hydrogen (secondary N) is 2. The highest BCUT2D eigenvalue weighted by atomic mass is 15.2. The van der Waals surface area contributed by atoms with Crippen molar-refractivity contribution in [2.75, 3.05) is 0 Å². The van der Waals surface area contributed by atoms with Gasteiger partial charge in [-0.25, -0.2) is 4.98 Å². The molecule has 0 atom stereocenters. The molecule has 0 amide bonds. The summed E-state index contributed by atoms with van der Waals surface area (Å²) in [6.07, 6.45) is 9.57. The summed E-state index contributed by atoms with van der Waals surface area (Å²) in [4.78, 5) is 4.31. The lowest BCUT2D eigenvalue weighted by Gasteiger charge is -2.20. The Hall–Kier alpha value is -0.900. The Morgan fingerprint density at radius 3 is 2.50 bits per heavy atom. The molecule has 0 bridgehead atoms. The smallest absolute Gasteiger partial charge is 0.164 e. The number of rotatable bonds is 3. The zero-order chi connectivity index (χ0) is 11.2. The molecule has 0 aliphatic heterocycles. The number of H-pyrrole nitrogens is 1. The molecule has 0 saturated heterocycles. The quantitative estimate of drug-likeness (QED) is 0.825. The third-order valence-electron chi connectivity index (χ3n) is 3.30. The first-order chi connectivity index (χ1) is 7.84. The van der Waals surface area contributed by atoms with E-state index in [0.717, 1.165) is 18.2 Å². The molecule has 0 spiro atoms. The summed E-state index contributed by atoms with van der Waals surface area (Å²) in [5.41, 5.74) is 0. The van der Waals surface area contributed by atoms with Crippen LogP contribution in [0.2, 0.25) is 0 Å². The summed E-state index contributed by atoms with van der Waals surface area (Å²) in [7, 11) is 0. The number of nitrogens with zero attached hydrogens (tertiary/aromatic N) is 2. The summed E-state index contributed by atoms with van der Waals surface area (Å²) >= 11 is 0. The maximum Gasteiger partial charge on any atom is 0.164 e. The minimum Gasteiger partial charge on any atom is -0.307 e. The van der Waals surface area contributed by atoms with Gasteiger partial charge in [0.1, 0.15) is 5.82 Å². The molecule has 2 rings (SSSR count). The molecule has 4 nitrogen and oxygen atoms in total. The average Bonchev–Trinajstić information content (AvgIpc) is 2.63. The monoisotopic (exact) mass is 222 g/mol. The van der Waals surface area contributed by atoms with Crippen molar-refractivity contribution >= 4 is 0 Å². The predicted molar refractivity (Wildman–Crippen MR) is 64.1 cm³/mol. The van der Waals surface area contributed by atoms with Crippen molar-refractivity contribution in [1.29, 1.82) is 0 Å². The second-order valence-electron chi connectivity index (χ2n) is 4.76. The molecule has 1 aromatic heterocycles. The summed E-state index contributed by atoms with van der Waals surface area (Å²) in [5.74, 6) is 1.79. The first-order valence-corrected chi connectivity index (χ1v) is 6.46. The van der Waals surface area contributed by atoms with Crippen LogP contribution in [-0.2, 0) is 6.54 Å². The van der Waals surface area contributed by atoms with E-state index in [0.29, 0.717) is 6.04 Å². The van der Waals surface area contributed by atoms with E-state index in [1.807, 2.05) is 6.92 Å². The summed E-state index contributed by atoms with van der Waals surface area (Å²) < 4.78 is 0. The molecule has 0 aromatic carbocycles. The van der Waals surface area contributed by atoms with Crippen LogP contribution in [0.15, 0.2) is 0 Å². The highest BCUT2D eigenvalue weighted by Gasteiger charge is 2.11. The number of aromatic amines is 1. The molecule has 1 saturated carbocycles. The third-order valence-corrected chi connectivity index (χ3v) is 3.30. The van der Waals surface area contributed by atoms with Crippen molar-refractivity contribution in [3.05, 3.63) is 11.6 Å². The largest absolute Gasteiger partial charge is 0.307 e. The standard InChI is InChI=1S/C12H22N4/c1-10-14-12(16-15-10)9-13-11-7-5-3-2-4-6-8-11/h11,13H,2-9H2,1H3,(H,14,15,16). The molecule has 1 heterocycles. The van der Waals surface area contributed by atoms with Gasteiger partial charge >= 0.3 is 0 Å². The number of aromatic nitrogens is 3. The zero-order valence-electron chi connectivity index (χ0n) is 10.1. The number of aryl methyl sites for hydroxylation is 1. The maximum absolute atomic E-state index is 4.31. The first kappa shape index (κ1) is 11.6. The topological polar surface area (TPSA) is 53.6 Å². The van der Waals surface area contributed by atoms with Crippen molar-refractivity contribution in [1.82, 2.24) is 20.5 Å². The fourth-order valence-corrected chi connectivity index (χ4v) is 2.36. The fourth-order valence-electron chi connectivity index (χ4n) is 2.36. The Morgan fingerprint density at radius 1 is 1.19 bits per heavy atom.